The van der Waals surface area contributed by atoms with Gasteiger partial charge in [-0.05, 0) is 17.7 Å². The number of carbonyl (C=O) groups excluding carboxylic acids is 1. The number of carbonyl (C=O) groups is 2. The van der Waals surface area contributed by atoms with E-state index in [2.05, 4.69) is 0 Å². The third-order valence-corrected chi connectivity index (χ3v) is 3.75. The van der Waals surface area contributed by atoms with Crippen LogP contribution in [-0.2, 0) is 9.59 Å². The first-order valence-electron chi connectivity index (χ1n) is 5.00. The fraction of sp³-hybridized carbons (Fsp3) is 0.600. The summed E-state index contributed by atoms with van der Waals surface area (Å²) in [4.78, 5) is 23.8. The van der Waals surface area contributed by atoms with Crippen LogP contribution in [0.2, 0.25) is 0 Å². The van der Waals surface area contributed by atoms with Crippen LogP contribution in [0.4, 0.5) is 0 Å². The number of rotatable bonds is 4. The molecule has 2 aliphatic heterocycles. The fourth-order valence-electron chi connectivity index (χ4n) is 2.11. The molecule has 4 nitrogen and oxygen atoms in total. The summed E-state index contributed by atoms with van der Waals surface area (Å²) in [6.07, 6.45) is 1.26. The Hall–Kier alpha value is 0.0300. The Balaban J connectivity index is 0.00000128. The summed E-state index contributed by atoms with van der Waals surface area (Å²) in [7, 11) is 0. The van der Waals surface area contributed by atoms with Crippen LogP contribution in [0.25, 0.3) is 0 Å². The molecule has 16 heavy (non-hydrogen) atoms. The smallest absolute Gasteiger partial charge is 1.00 e. The van der Waals surface area contributed by atoms with Crippen molar-refractivity contribution < 1.29 is 45.7 Å². The molecule has 0 aromatic heterocycles. The van der Waals surface area contributed by atoms with Crippen molar-refractivity contribution in [3.8, 4) is 0 Å². The predicted octanol–water partition coefficient (Wildman–Crippen LogP) is -1.80. The number of β-lactam (4-membered cyclic amide) rings is 1. The molecule has 1 unspecified atom stereocenters. The van der Waals surface area contributed by atoms with Gasteiger partial charge in [-0.3, -0.25) is 4.79 Å². The average Bonchev–Trinajstić information content (AvgIpc) is 2.47. The van der Waals surface area contributed by atoms with Crippen LogP contribution in [0.5, 0.6) is 0 Å². The second kappa shape index (κ2) is 5.58. The first-order valence-corrected chi connectivity index (χ1v) is 6.15. The SMILES string of the molecule is CCSCC1=C(C(=O)O)N2C(=O)CC2C1.[H-].[Na+]. The standard InChI is InChI=1S/C10H13NO3S.Na.H/c1-2-15-5-6-3-7-4-8(12)11(7)9(6)10(13)14;;/h7H,2-5H2,1H3,(H,13,14);;/q;+1;-1. The van der Waals surface area contributed by atoms with E-state index in [1.165, 1.54) is 4.90 Å². The molecular formula is C10H14NNaO3S. The van der Waals surface area contributed by atoms with E-state index in [-0.39, 0.29) is 48.6 Å². The van der Waals surface area contributed by atoms with Gasteiger partial charge in [0.1, 0.15) is 5.70 Å². The molecule has 0 aromatic rings. The molecule has 0 aliphatic carbocycles. The van der Waals surface area contributed by atoms with Crippen LogP contribution < -0.4 is 29.6 Å². The Morgan fingerprint density at radius 2 is 2.31 bits per heavy atom. The zero-order valence-corrected chi connectivity index (χ0v) is 12.3. The molecule has 0 radical (unpaired) electrons. The molecule has 1 saturated heterocycles. The minimum absolute atomic E-state index is 0. The van der Waals surface area contributed by atoms with Gasteiger partial charge in [-0.25, -0.2) is 4.79 Å². The minimum atomic E-state index is -0.961. The first kappa shape index (κ1) is 14.1. The summed E-state index contributed by atoms with van der Waals surface area (Å²) in [5.41, 5.74) is 1.17. The monoisotopic (exact) mass is 251 g/mol. The Bertz CT molecular complexity index is 361. The van der Waals surface area contributed by atoms with Gasteiger partial charge in [0.2, 0.25) is 5.91 Å². The second-order valence-electron chi connectivity index (χ2n) is 3.72. The molecule has 2 rings (SSSR count). The predicted molar refractivity (Wildman–Crippen MR) is 58.6 cm³/mol. The number of hydrogen-bond acceptors (Lipinski definition) is 3. The number of thioether (sulfide) groups is 1. The largest absolute Gasteiger partial charge is 1.00 e. The third-order valence-electron chi connectivity index (χ3n) is 2.78. The minimum Gasteiger partial charge on any atom is -1.00 e. The average molecular weight is 251 g/mol. The number of nitrogens with zero attached hydrogens (tertiary/aromatic N) is 1. The summed E-state index contributed by atoms with van der Waals surface area (Å²) in [6.45, 7) is 2.04. The Morgan fingerprint density at radius 1 is 1.62 bits per heavy atom. The Morgan fingerprint density at radius 3 is 2.81 bits per heavy atom. The molecule has 0 aromatic carbocycles. The van der Waals surface area contributed by atoms with E-state index in [4.69, 9.17) is 5.11 Å². The number of amides is 1. The molecular weight excluding hydrogens is 237 g/mol. The van der Waals surface area contributed by atoms with E-state index in [0.717, 1.165) is 23.5 Å². The van der Waals surface area contributed by atoms with Gasteiger partial charge < -0.3 is 11.4 Å². The summed E-state index contributed by atoms with van der Waals surface area (Å²) in [6, 6.07) is 0.135. The van der Waals surface area contributed by atoms with E-state index < -0.39 is 5.97 Å². The third kappa shape index (κ3) is 2.32. The van der Waals surface area contributed by atoms with Gasteiger partial charge in [0.15, 0.2) is 0 Å². The van der Waals surface area contributed by atoms with Crippen molar-refractivity contribution in [2.24, 2.45) is 0 Å². The van der Waals surface area contributed by atoms with Crippen LogP contribution in [-0.4, -0.2) is 39.4 Å². The van der Waals surface area contributed by atoms with Gasteiger partial charge in [-0.15, -0.1) is 0 Å². The van der Waals surface area contributed by atoms with Crippen molar-refractivity contribution in [3.63, 3.8) is 0 Å². The second-order valence-corrected chi connectivity index (χ2v) is 4.99. The summed E-state index contributed by atoms with van der Waals surface area (Å²) >= 11 is 1.70. The Labute approximate surface area is 122 Å². The number of hydrogen-bond donors (Lipinski definition) is 1. The number of carboxylic acids is 1. The Kier molecular flexibility index (Phi) is 4.91. The fourth-order valence-corrected chi connectivity index (χ4v) is 2.82. The molecule has 6 heteroatoms. The van der Waals surface area contributed by atoms with E-state index in [9.17, 15) is 9.59 Å². The maximum Gasteiger partial charge on any atom is 1.00 e. The molecule has 1 fully saturated rings. The molecule has 1 N–H and O–H groups in total. The van der Waals surface area contributed by atoms with Crippen LogP contribution in [0.15, 0.2) is 11.3 Å². The van der Waals surface area contributed by atoms with Gasteiger partial charge in [-0.2, -0.15) is 11.8 Å². The van der Waals surface area contributed by atoms with E-state index in [0.29, 0.717) is 6.42 Å². The van der Waals surface area contributed by atoms with Gasteiger partial charge in [0.25, 0.3) is 0 Å². The van der Waals surface area contributed by atoms with E-state index >= 15 is 0 Å². The zero-order chi connectivity index (χ0) is 11.0. The van der Waals surface area contributed by atoms with Crippen LogP contribution in [0, 0.1) is 0 Å². The number of aliphatic carboxylic acids is 1. The first-order chi connectivity index (χ1) is 7.15. The van der Waals surface area contributed by atoms with Crippen molar-refractivity contribution in [1.29, 1.82) is 0 Å². The van der Waals surface area contributed by atoms with Crippen molar-refractivity contribution in [1.82, 2.24) is 4.90 Å². The molecule has 2 aliphatic rings. The summed E-state index contributed by atoms with van der Waals surface area (Å²) in [5.74, 6) is 0.694. The van der Waals surface area contributed by atoms with Crippen molar-refractivity contribution in [3.05, 3.63) is 11.3 Å². The van der Waals surface area contributed by atoms with Crippen molar-refractivity contribution >= 4 is 23.6 Å². The zero-order valence-electron chi connectivity index (χ0n) is 10.5. The van der Waals surface area contributed by atoms with Gasteiger partial charge in [0.05, 0.1) is 0 Å². The molecule has 84 valence electrons. The summed E-state index contributed by atoms with van der Waals surface area (Å²) < 4.78 is 0. The molecule has 0 spiro atoms. The summed E-state index contributed by atoms with van der Waals surface area (Å²) in [5, 5.41) is 9.06. The molecule has 1 amide bonds. The quantitative estimate of drug-likeness (QED) is 0.473. The normalized spacial score (nSPS) is 22.7. The number of carboxylic acid groups (broad SMARTS) is 1. The topological polar surface area (TPSA) is 57.6 Å². The van der Waals surface area contributed by atoms with Crippen LogP contribution >= 0.6 is 11.8 Å². The van der Waals surface area contributed by atoms with Crippen LogP contribution in [0.1, 0.15) is 21.2 Å². The van der Waals surface area contributed by atoms with Gasteiger partial charge in [-0.1, -0.05) is 6.92 Å². The molecule has 0 bridgehead atoms. The van der Waals surface area contributed by atoms with Gasteiger partial charge >= 0.3 is 35.5 Å². The molecule has 1 atom stereocenters. The number of fused-ring (bicyclic) bond motifs is 1. The molecule has 0 saturated carbocycles. The molecule has 2 heterocycles. The van der Waals surface area contributed by atoms with E-state index in [1.54, 1.807) is 11.8 Å². The maximum atomic E-state index is 11.3. The van der Waals surface area contributed by atoms with Gasteiger partial charge in [0, 0.05) is 18.2 Å². The maximum absolute atomic E-state index is 11.3. The van der Waals surface area contributed by atoms with Crippen molar-refractivity contribution in [2.75, 3.05) is 11.5 Å². The van der Waals surface area contributed by atoms with Crippen molar-refractivity contribution in [2.45, 2.75) is 25.8 Å². The van der Waals surface area contributed by atoms with Crippen LogP contribution in [0.3, 0.4) is 0 Å². The van der Waals surface area contributed by atoms with E-state index in [1.807, 2.05) is 6.92 Å².